The molecule has 1 heterocycles. The van der Waals surface area contributed by atoms with E-state index < -0.39 is 0 Å². The lowest BCUT2D eigenvalue weighted by Gasteiger charge is -2.05. The summed E-state index contributed by atoms with van der Waals surface area (Å²) in [4.78, 5) is 0. The van der Waals surface area contributed by atoms with Gasteiger partial charge in [-0.3, -0.25) is 0 Å². The molecule has 0 bridgehead atoms. The molecule has 1 aromatic heterocycles. The van der Waals surface area contributed by atoms with Crippen LogP contribution in [0.1, 0.15) is 5.56 Å². The molecule has 0 aliphatic rings. The largest absolute Gasteiger partial charge is 0.496 e. The SMILES string of the molecule is COc1ccc(CBr)c2scc(I)c12. The number of hydrogen-bond acceptors (Lipinski definition) is 2. The first-order valence-corrected chi connectivity index (χ1v) is 7.14. The van der Waals surface area contributed by atoms with E-state index in [1.165, 1.54) is 19.2 Å². The fourth-order valence-corrected chi connectivity index (χ4v) is 4.13. The molecular weight excluding hydrogens is 375 g/mol. The predicted octanol–water partition coefficient (Wildman–Crippen LogP) is 4.41. The summed E-state index contributed by atoms with van der Waals surface area (Å²) >= 11 is 7.63. The van der Waals surface area contributed by atoms with Crippen LogP contribution in [0.3, 0.4) is 0 Å². The van der Waals surface area contributed by atoms with Crippen LogP contribution >= 0.6 is 49.9 Å². The molecule has 0 amide bonds. The highest BCUT2D eigenvalue weighted by atomic mass is 127. The van der Waals surface area contributed by atoms with E-state index in [-0.39, 0.29) is 0 Å². The maximum absolute atomic E-state index is 5.35. The molecule has 0 aliphatic heterocycles. The van der Waals surface area contributed by atoms with E-state index in [2.05, 4.69) is 50.0 Å². The van der Waals surface area contributed by atoms with Crippen molar-refractivity contribution in [3.8, 4) is 5.75 Å². The second kappa shape index (κ2) is 4.37. The zero-order chi connectivity index (χ0) is 10.1. The average molecular weight is 383 g/mol. The van der Waals surface area contributed by atoms with Crippen LogP contribution in [0.25, 0.3) is 10.1 Å². The van der Waals surface area contributed by atoms with Crippen molar-refractivity contribution >= 4 is 59.9 Å². The number of thiophene rings is 1. The van der Waals surface area contributed by atoms with Crippen molar-refractivity contribution in [2.24, 2.45) is 0 Å². The van der Waals surface area contributed by atoms with Gasteiger partial charge in [0.25, 0.3) is 0 Å². The third-order valence-corrected chi connectivity index (χ3v) is 5.02. The minimum absolute atomic E-state index is 0.893. The van der Waals surface area contributed by atoms with Crippen LogP contribution in [0.4, 0.5) is 0 Å². The van der Waals surface area contributed by atoms with Crippen LogP contribution in [-0.4, -0.2) is 7.11 Å². The smallest absolute Gasteiger partial charge is 0.128 e. The molecule has 4 heteroatoms. The molecule has 74 valence electrons. The summed E-state index contributed by atoms with van der Waals surface area (Å²) in [6.07, 6.45) is 0. The number of halogens is 2. The first kappa shape index (κ1) is 10.7. The Morgan fingerprint density at radius 1 is 1.50 bits per heavy atom. The first-order valence-electron chi connectivity index (χ1n) is 4.06. The quantitative estimate of drug-likeness (QED) is 0.552. The highest BCUT2D eigenvalue weighted by Crippen LogP contribution is 2.37. The van der Waals surface area contributed by atoms with Gasteiger partial charge in [-0.25, -0.2) is 0 Å². The van der Waals surface area contributed by atoms with Crippen LogP contribution in [0.15, 0.2) is 17.5 Å². The highest BCUT2D eigenvalue weighted by Gasteiger charge is 2.10. The third-order valence-electron chi connectivity index (χ3n) is 2.08. The van der Waals surface area contributed by atoms with Gasteiger partial charge in [0.1, 0.15) is 5.75 Å². The maximum Gasteiger partial charge on any atom is 0.128 e. The highest BCUT2D eigenvalue weighted by molar-refractivity contribution is 14.1. The molecule has 0 spiro atoms. The lowest BCUT2D eigenvalue weighted by molar-refractivity contribution is 0.419. The van der Waals surface area contributed by atoms with E-state index >= 15 is 0 Å². The summed E-state index contributed by atoms with van der Waals surface area (Å²) in [7, 11) is 1.72. The minimum atomic E-state index is 0.893. The summed E-state index contributed by atoms with van der Waals surface area (Å²) in [5.41, 5.74) is 1.33. The third kappa shape index (κ3) is 1.67. The van der Waals surface area contributed by atoms with Gasteiger partial charge in [-0.2, -0.15) is 0 Å². The number of fused-ring (bicyclic) bond motifs is 1. The van der Waals surface area contributed by atoms with Crippen LogP contribution in [-0.2, 0) is 5.33 Å². The monoisotopic (exact) mass is 382 g/mol. The van der Waals surface area contributed by atoms with E-state index in [0.717, 1.165) is 11.1 Å². The Labute approximate surface area is 109 Å². The Hall–Kier alpha value is 0.190. The van der Waals surface area contributed by atoms with E-state index in [0.29, 0.717) is 0 Å². The number of benzene rings is 1. The second-order valence-corrected chi connectivity index (χ2v) is 5.45. The van der Waals surface area contributed by atoms with Gasteiger partial charge < -0.3 is 4.74 Å². The zero-order valence-electron chi connectivity index (χ0n) is 7.51. The molecule has 1 aromatic carbocycles. The van der Waals surface area contributed by atoms with Gasteiger partial charge in [-0.15, -0.1) is 11.3 Å². The summed E-state index contributed by atoms with van der Waals surface area (Å²) in [6.45, 7) is 0. The normalized spacial score (nSPS) is 10.8. The van der Waals surface area contributed by atoms with Gasteiger partial charge in [-0.05, 0) is 34.2 Å². The van der Waals surface area contributed by atoms with Crippen LogP contribution in [0.2, 0.25) is 0 Å². The second-order valence-electron chi connectivity index (χ2n) is 2.85. The van der Waals surface area contributed by atoms with E-state index in [4.69, 9.17) is 4.74 Å². The summed E-state index contributed by atoms with van der Waals surface area (Å²) in [6, 6.07) is 4.15. The molecule has 0 fully saturated rings. The number of alkyl halides is 1. The number of rotatable bonds is 2. The van der Waals surface area contributed by atoms with Crippen molar-refractivity contribution in [2.45, 2.75) is 5.33 Å². The Bertz CT molecular complexity index is 466. The maximum atomic E-state index is 5.35. The number of methoxy groups -OCH3 is 1. The molecule has 14 heavy (non-hydrogen) atoms. The number of hydrogen-bond donors (Lipinski definition) is 0. The van der Waals surface area contributed by atoms with E-state index in [1.807, 2.05) is 6.07 Å². The summed E-state index contributed by atoms with van der Waals surface area (Å²) in [5.74, 6) is 0.968. The van der Waals surface area contributed by atoms with Gasteiger partial charge in [0.15, 0.2) is 0 Å². The Kier molecular flexibility index (Phi) is 3.34. The standard InChI is InChI=1S/C10H8BrIOS/c1-13-8-3-2-6(4-11)10-9(8)7(12)5-14-10/h2-3,5H,4H2,1H3. The fourth-order valence-electron chi connectivity index (χ4n) is 1.41. The van der Waals surface area contributed by atoms with Crippen LogP contribution in [0, 0.1) is 3.57 Å². The molecule has 0 aliphatic carbocycles. The van der Waals surface area contributed by atoms with Crippen molar-refractivity contribution < 1.29 is 4.74 Å². The molecule has 2 aromatic rings. The first-order chi connectivity index (χ1) is 6.77. The Morgan fingerprint density at radius 3 is 2.93 bits per heavy atom. The molecule has 0 radical (unpaired) electrons. The molecule has 1 nitrogen and oxygen atoms in total. The molecule has 0 saturated heterocycles. The van der Waals surface area contributed by atoms with Crippen molar-refractivity contribution in [2.75, 3.05) is 7.11 Å². The summed E-state index contributed by atoms with van der Waals surface area (Å²) in [5, 5.41) is 4.30. The zero-order valence-corrected chi connectivity index (χ0v) is 12.1. The molecule has 0 atom stereocenters. The lowest BCUT2D eigenvalue weighted by atomic mass is 10.2. The van der Waals surface area contributed by atoms with Crippen LogP contribution in [0.5, 0.6) is 5.75 Å². The lowest BCUT2D eigenvalue weighted by Crippen LogP contribution is -1.86. The molecule has 0 N–H and O–H groups in total. The van der Waals surface area contributed by atoms with Crippen molar-refractivity contribution in [1.29, 1.82) is 0 Å². The van der Waals surface area contributed by atoms with Gasteiger partial charge in [0, 0.05) is 24.4 Å². The molecule has 2 rings (SSSR count). The Morgan fingerprint density at radius 2 is 2.29 bits per heavy atom. The van der Waals surface area contributed by atoms with Gasteiger partial charge >= 0.3 is 0 Å². The topological polar surface area (TPSA) is 9.23 Å². The average Bonchev–Trinajstić information content (AvgIpc) is 2.60. The fraction of sp³-hybridized carbons (Fsp3) is 0.200. The summed E-state index contributed by atoms with van der Waals surface area (Å²) < 4.78 is 7.94. The Balaban J connectivity index is 2.81. The van der Waals surface area contributed by atoms with Crippen LogP contribution < -0.4 is 4.74 Å². The van der Waals surface area contributed by atoms with Crippen molar-refractivity contribution in [3.05, 3.63) is 26.6 Å². The van der Waals surface area contributed by atoms with E-state index in [1.54, 1.807) is 18.4 Å². The van der Waals surface area contributed by atoms with Gasteiger partial charge in [0.2, 0.25) is 0 Å². The molecule has 0 saturated carbocycles. The molecular formula is C10H8BrIOS. The van der Waals surface area contributed by atoms with Crippen molar-refractivity contribution in [3.63, 3.8) is 0 Å². The minimum Gasteiger partial charge on any atom is -0.496 e. The number of ether oxygens (including phenoxy) is 1. The van der Waals surface area contributed by atoms with Gasteiger partial charge in [-0.1, -0.05) is 22.0 Å². The predicted molar refractivity (Wildman–Crippen MR) is 73.7 cm³/mol. The molecule has 0 unspecified atom stereocenters. The van der Waals surface area contributed by atoms with Gasteiger partial charge in [0.05, 0.1) is 7.11 Å². The van der Waals surface area contributed by atoms with Crippen molar-refractivity contribution in [1.82, 2.24) is 0 Å². The van der Waals surface area contributed by atoms with E-state index in [9.17, 15) is 0 Å².